The van der Waals surface area contributed by atoms with E-state index >= 15 is 0 Å². The number of piperidine rings is 1. The number of nitrogens with zero attached hydrogens (tertiary/aromatic N) is 4. The van der Waals surface area contributed by atoms with Crippen molar-refractivity contribution in [3.05, 3.63) is 96.5 Å². The molecule has 0 spiro atoms. The van der Waals surface area contributed by atoms with Gasteiger partial charge < -0.3 is 4.90 Å². The normalized spacial score (nSPS) is 16.3. The van der Waals surface area contributed by atoms with E-state index < -0.39 is 0 Å². The summed E-state index contributed by atoms with van der Waals surface area (Å²) in [7, 11) is 0. The summed E-state index contributed by atoms with van der Waals surface area (Å²) in [6, 6.07) is 22.6. The highest BCUT2D eigenvalue weighted by Crippen LogP contribution is 2.25. The monoisotopic (exact) mass is 438 g/mol. The van der Waals surface area contributed by atoms with Crippen LogP contribution in [0, 0.1) is 0 Å². The van der Waals surface area contributed by atoms with Gasteiger partial charge in [-0.1, -0.05) is 60.7 Å². The van der Waals surface area contributed by atoms with E-state index in [-0.39, 0.29) is 12.1 Å². The highest BCUT2D eigenvalue weighted by atomic mass is 16.2. The second kappa shape index (κ2) is 10.7. The van der Waals surface area contributed by atoms with E-state index in [4.69, 9.17) is 0 Å². The van der Waals surface area contributed by atoms with Gasteiger partial charge in [0.1, 0.15) is 0 Å². The van der Waals surface area contributed by atoms with Crippen molar-refractivity contribution in [2.24, 2.45) is 5.10 Å². The van der Waals surface area contributed by atoms with Crippen molar-refractivity contribution in [3.8, 4) is 11.1 Å². The van der Waals surface area contributed by atoms with Crippen molar-refractivity contribution in [3.63, 3.8) is 0 Å². The quantitative estimate of drug-likeness (QED) is 0.338. The molecule has 5 nitrogen and oxygen atoms in total. The molecule has 1 saturated heterocycles. The Bertz CT molecular complexity index is 1090. The molecule has 1 atom stereocenters. The maximum atomic E-state index is 13.4. The molecule has 1 unspecified atom stereocenters. The summed E-state index contributed by atoms with van der Waals surface area (Å²) < 4.78 is 0. The summed E-state index contributed by atoms with van der Waals surface area (Å²) in [6.07, 6.45) is 9.42. The Morgan fingerprint density at radius 3 is 2.58 bits per heavy atom. The van der Waals surface area contributed by atoms with Gasteiger partial charge in [-0.15, -0.1) is 0 Å². The van der Waals surface area contributed by atoms with E-state index in [1.165, 1.54) is 10.6 Å². The molecule has 4 rings (SSSR count). The van der Waals surface area contributed by atoms with Crippen molar-refractivity contribution < 1.29 is 4.79 Å². The zero-order chi connectivity index (χ0) is 23.0. The van der Waals surface area contributed by atoms with Crippen molar-refractivity contribution in [2.75, 3.05) is 6.54 Å². The lowest BCUT2D eigenvalue weighted by molar-refractivity contribution is 0.128. The molecule has 1 aliphatic rings. The number of carbonyl (C=O) groups is 1. The maximum Gasteiger partial charge on any atom is 0.344 e. The van der Waals surface area contributed by atoms with Gasteiger partial charge in [0.25, 0.3) is 0 Å². The topological polar surface area (TPSA) is 48.8 Å². The molecule has 168 valence electrons. The highest BCUT2D eigenvalue weighted by molar-refractivity contribution is 5.79. The van der Waals surface area contributed by atoms with Gasteiger partial charge in [-0.3, -0.25) is 4.98 Å². The largest absolute Gasteiger partial charge is 0.344 e. The lowest BCUT2D eigenvalue weighted by Crippen LogP contribution is -2.48. The fourth-order valence-corrected chi connectivity index (χ4v) is 4.36. The number of aromatic nitrogens is 1. The number of hydrogen-bond acceptors (Lipinski definition) is 3. The molecule has 3 aromatic rings. The number of carbonyl (C=O) groups excluding carboxylic acids is 1. The molecule has 0 aliphatic carbocycles. The van der Waals surface area contributed by atoms with Crippen molar-refractivity contribution in [2.45, 2.75) is 38.6 Å². The minimum Gasteiger partial charge on any atom is -0.320 e. The number of amides is 2. The van der Waals surface area contributed by atoms with E-state index in [2.05, 4.69) is 53.2 Å². The van der Waals surface area contributed by atoms with Gasteiger partial charge in [0.15, 0.2) is 0 Å². The van der Waals surface area contributed by atoms with Crippen LogP contribution in [-0.4, -0.2) is 40.2 Å². The first-order valence-electron chi connectivity index (χ1n) is 11.5. The molecule has 2 aromatic carbocycles. The third kappa shape index (κ3) is 5.55. The molecular formula is C28H30N4O. The second-order valence-electron chi connectivity index (χ2n) is 8.43. The van der Waals surface area contributed by atoms with Crippen LogP contribution in [0.5, 0.6) is 0 Å². The van der Waals surface area contributed by atoms with Crippen LogP contribution in [0.2, 0.25) is 0 Å². The van der Waals surface area contributed by atoms with Gasteiger partial charge in [0, 0.05) is 37.9 Å². The third-order valence-corrected chi connectivity index (χ3v) is 6.19. The number of urea groups is 1. The molecule has 0 bridgehead atoms. The summed E-state index contributed by atoms with van der Waals surface area (Å²) in [6.45, 7) is 6.40. The first-order chi connectivity index (χ1) is 16.2. The van der Waals surface area contributed by atoms with Gasteiger partial charge in [-0.05, 0) is 66.5 Å². The first-order valence-corrected chi connectivity index (χ1v) is 11.5. The SMILES string of the molecule is C=NN(/C=C(\C)c1ccc(-c2cccnc2)cc1)C(=O)N1CCCCC1Cc1ccccc1. The maximum absolute atomic E-state index is 13.4. The van der Waals surface area contributed by atoms with Crippen LogP contribution in [-0.2, 0) is 6.42 Å². The van der Waals surface area contributed by atoms with Crippen LogP contribution in [0.15, 0.2) is 90.4 Å². The van der Waals surface area contributed by atoms with Crippen molar-refractivity contribution in [1.82, 2.24) is 14.9 Å². The summed E-state index contributed by atoms with van der Waals surface area (Å²) >= 11 is 0. The highest BCUT2D eigenvalue weighted by Gasteiger charge is 2.29. The summed E-state index contributed by atoms with van der Waals surface area (Å²) in [5.74, 6) is 0. The van der Waals surface area contributed by atoms with Crippen molar-refractivity contribution >= 4 is 18.3 Å². The Morgan fingerprint density at radius 1 is 1.09 bits per heavy atom. The van der Waals surface area contributed by atoms with Crippen LogP contribution < -0.4 is 0 Å². The van der Waals surface area contributed by atoms with Crippen molar-refractivity contribution in [1.29, 1.82) is 0 Å². The number of rotatable bonds is 6. The summed E-state index contributed by atoms with van der Waals surface area (Å²) in [5.41, 5.74) is 5.41. The van der Waals surface area contributed by atoms with Crippen LogP contribution in [0.4, 0.5) is 4.79 Å². The second-order valence-corrected chi connectivity index (χ2v) is 8.43. The van der Waals surface area contributed by atoms with Gasteiger partial charge in [0.2, 0.25) is 0 Å². The van der Waals surface area contributed by atoms with E-state index in [1.807, 2.05) is 48.4 Å². The van der Waals surface area contributed by atoms with Gasteiger partial charge in [0.05, 0.1) is 0 Å². The minimum absolute atomic E-state index is 0.114. The van der Waals surface area contributed by atoms with E-state index in [9.17, 15) is 4.79 Å². The number of likely N-dealkylation sites (tertiary alicyclic amines) is 1. The molecule has 1 fully saturated rings. The predicted octanol–water partition coefficient (Wildman–Crippen LogP) is 6.24. The summed E-state index contributed by atoms with van der Waals surface area (Å²) in [4.78, 5) is 19.5. The first kappa shape index (κ1) is 22.5. The zero-order valence-electron chi connectivity index (χ0n) is 19.1. The molecule has 0 saturated carbocycles. The van der Waals surface area contributed by atoms with E-state index in [0.29, 0.717) is 0 Å². The average Bonchev–Trinajstić information content (AvgIpc) is 2.88. The molecule has 2 heterocycles. The minimum atomic E-state index is -0.114. The Morgan fingerprint density at radius 2 is 1.88 bits per heavy atom. The van der Waals surface area contributed by atoms with Crippen LogP contribution in [0.1, 0.15) is 37.3 Å². The van der Waals surface area contributed by atoms with Crippen LogP contribution in [0.3, 0.4) is 0 Å². The fraction of sp³-hybridized carbons (Fsp3) is 0.250. The molecule has 0 radical (unpaired) electrons. The molecule has 2 amide bonds. The number of hydrazone groups is 1. The van der Waals surface area contributed by atoms with Gasteiger partial charge in [-0.25, -0.2) is 4.79 Å². The van der Waals surface area contributed by atoms with Gasteiger partial charge in [-0.2, -0.15) is 10.1 Å². The standard InChI is InChI=1S/C28H30N4O/c1-22(24-13-15-25(16-14-24)26-11-8-17-30-20-26)21-32(29-2)28(33)31-18-7-6-12-27(31)19-23-9-4-3-5-10-23/h3-5,8-11,13-17,20-21,27H,2,6-7,12,18-19H2,1H3/b22-21+. The third-order valence-electron chi connectivity index (χ3n) is 6.19. The Kier molecular flexibility index (Phi) is 7.30. The molecule has 1 aliphatic heterocycles. The molecule has 33 heavy (non-hydrogen) atoms. The molecular weight excluding hydrogens is 408 g/mol. The van der Waals surface area contributed by atoms with Gasteiger partial charge >= 0.3 is 6.03 Å². The average molecular weight is 439 g/mol. The van der Waals surface area contributed by atoms with E-state index in [0.717, 1.165) is 54.5 Å². The number of hydrogen-bond donors (Lipinski definition) is 0. The number of benzene rings is 2. The zero-order valence-corrected chi connectivity index (χ0v) is 19.1. The molecule has 5 heteroatoms. The molecule has 1 aromatic heterocycles. The number of allylic oxidation sites excluding steroid dienone is 1. The fourth-order valence-electron chi connectivity index (χ4n) is 4.36. The number of pyridine rings is 1. The summed E-state index contributed by atoms with van der Waals surface area (Å²) in [5, 5.41) is 5.43. The smallest absolute Gasteiger partial charge is 0.320 e. The lowest BCUT2D eigenvalue weighted by Gasteiger charge is -2.37. The Hall–Kier alpha value is -3.73. The Labute approximate surface area is 196 Å². The Balaban J connectivity index is 1.49. The predicted molar refractivity (Wildman–Crippen MR) is 135 cm³/mol. The lowest BCUT2D eigenvalue weighted by atomic mass is 9.96. The molecule has 0 N–H and O–H groups in total. The van der Waals surface area contributed by atoms with Crippen LogP contribution >= 0.6 is 0 Å². The van der Waals surface area contributed by atoms with E-state index in [1.54, 1.807) is 12.4 Å². The van der Waals surface area contributed by atoms with Crippen LogP contribution in [0.25, 0.3) is 16.7 Å².